The number of hydrogen-bond acceptors (Lipinski definition) is 4. The van der Waals surface area contributed by atoms with Crippen molar-refractivity contribution in [3.05, 3.63) is 0 Å². The molecule has 114 valence electrons. The van der Waals surface area contributed by atoms with Gasteiger partial charge in [0.05, 0.1) is 19.3 Å². The van der Waals surface area contributed by atoms with Crippen LogP contribution >= 0.6 is 0 Å². The van der Waals surface area contributed by atoms with Crippen LogP contribution in [0.5, 0.6) is 0 Å². The number of Topliss-reactive ketones (excluding diaryl/α,β-unsaturated/α-hetero) is 1. The normalized spacial score (nSPS) is 32.7. The van der Waals surface area contributed by atoms with Crippen molar-refractivity contribution in [2.24, 2.45) is 17.3 Å². The molecule has 2 fully saturated rings. The molecule has 4 heteroatoms. The van der Waals surface area contributed by atoms with Gasteiger partial charge in [-0.05, 0) is 50.4 Å². The molecule has 4 nitrogen and oxygen atoms in total. The Morgan fingerprint density at radius 2 is 2.00 bits per heavy atom. The van der Waals surface area contributed by atoms with E-state index in [0.29, 0.717) is 12.3 Å². The van der Waals surface area contributed by atoms with Gasteiger partial charge in [0.25, 0.3) is 0 Å². The van der Waals surface area contributed by atoms with Crippen molar-refractivity contribution in [1.82, 2.24) is 0 Å². The monoisotopic (exact) mass is 282 g/mol. The minimum atomic E-state index is -0.617. The summed E-state index contributed by atoms with van der Waals surface area (Å²) in [5.41, 5.74) is 0.241. The van der Waals surface area contributed by atoms with Gasteiger partial charge in [0.15, 0.2) is 0 Å². The van der Waals surface area contributed by atoms with Gasteiger partial charge in [-0.25, -0.2) is 0 Å². The molecular formula is C16H26O4. The van der Waals surface area contributed by atoms with Crippen molar-refractivity contribution in [1.29, 1.82) is 0 Å². The van der Waals surface area contributed by atoms with Gasteiger partial charge in [-0.15, -0.1) is 0 Å². The van der Waals surface area contributed by atoms with Gasteiger partial charge in [-0.1, -0.05) is 13.8 Å². The topological polar surface area (TPSA) is 55.9 Å². The van der Waals surface area contributed by atoms with Crippen LogP contribution in [0.3, 0.4) is 0 Å². The lowest BCUT2D eigenvalue weighted by atomic mass is 9.61. The number of ether oxygens (including phenoxy) is 2. The van der Waals surface area contributed by atoms with E-state index >= 15 is 0 Å². The van der Waals surface area contributed by atoms with E-state index in [1.807, 2.05) is 0 Å². The standard InChI is InChI=1S/C16H26O4/c1-11(17)12(14(18)19-4)6-7-13-15(2,3)8-5-9-16(13)10-20-16/h12-13H,5-10H2,1-4H3. The van der Waals surface area contributed by atoms with E-state index in [1.165, 1.54) is 26.9 Å². The maximum absolute atomic E-state index is 11.7. The van der Waals surface area contributed by atoms with Crippen molar-refractivity contribution in [2.45, 2.75) is 58.5 Å². The molecule has 1 spiro atoms. The lowest BCUT2D eigenvalue weighted by molar-refractivity contribution is -0.149. The molecular weight excluding hydrogens is 256 g/mol. The van der Waals surface area contributed by atoms with Gasteiger partial charge in [-0.3, -0.25) is 9.59 Å². The number of esters is 1. The largest absolute Gasteiger partial charge is 0.468 e. The Kier molecular flexibility index (Phi) is 4.24. The summed E-state index contributed by atoms with van der Waals surface area (Å²) in [5, 5.41) is 0. The summed E-state index contributed by atoms with van der Waals surface area (Å²) in [6.07, 6.45) is 4.93. The first-order chi connectivity index (χ1) is 9.32. The zero-order valence-electron chi connectivity index (χ0n) is 13.0. The van der Waals surface area contributed by atoms with Crippen LogP contribution in [0.2, 0.25) is 0 Å². The fourth-order valence-electron chi connectivity index (χ4n) is 3.96. The molecule has 0 aromatic carbocycles. The van der Waals surface area contributed by atoms with E-state index in [-0.39, 0.29) is 16.8 Å². The molecule has 0 radical (unpaired) electrons. The number of epoxide rings is 1. The van der Waals surface area contributed by atoms with Crippen molar-refractivity contribution >= 4 is 11.8 Å². The molecule has 3 atom stereocenters. The molecule has 2 aliphatic rings. The Morgan fingerprint density at radius 1 is 1.35 bits per heavy atom. The second-order valence-electron chi connectivity index (χ2n) is 7.01. The second kappa shape index (κ2) is 5.47. The molecule has 2 rings (SSSR count). The fourth-order valence-corrected chi connectivity index (χ4v) is 3.96. The number of methoxy groups -OCH3 is 1. The molecule has 0 bridgehead atoms. The Morgan fingerprint density at radius 3 is 2.50 bits per heavy atom. The zero-order valence-corrected chi connectivity index (χ0v) is 13.0. The summed E-state index contributed by atoms with van der Waals surface area (Å²) in [6.45, 7) is 6.86. The average molecular weight is 282 g/mol. The molecule has 1 aliphatic heterocycles. The van der Waals surface area contributed by atoms with Gasteiger partial charge in [0, 0.05) is 0 Å². The summed E-state index contributed by atoms with van der Waals surface area (Å²) >= 11 is 0. The van der Waals surface area contributed by atoms with Gasteiger partial charge in [-0.2, -0.15) is 0 Å². The van der Waals surface area contributed by atoms with Crippen molar-refractivity contribution in [3.63, 3.8) is 0 Å². The van der Waals surface area contributed by atoms with Gasteiger partial charge in [0.1, 0.15) is 11.7 Å². The van der Waals surface area contributed by atoms with Crippen LogP contribution in [0.1, 0.15) is 52.9 Å². The Bertz CT molecular complexity index is 389. The molecule has 0 aromatic heterocycles. The quantitative estimate of drug-likeness (QED) is 0.442. The average Bonchev–Trinajstić information content (AvgIpc) is 3.12. The zero-order chi connectivity index (χ0) is 15.0. The summed E-state index contributed by atoms with van der Waals surface area (Å²) < 4.78 is 10.5. The molecule has 0 aromatic rings. The third-order valence-corrected chi connectivity index (χ3v) is 5.24. The van der Waals surface area contributed by atoms with Crippen LogP contribution in [-0.4, -0.2) is 31.1 Å². The lowest BCUT2D eigenvalue weighted by Crippen LogP contribution is -2.41. The number of carbonyl (C=O) groups is 2. The van der Waals surface area contributed by atoms with E-state index < -0.39 is 11.9 Å². The van der Waals surface area contributed by atoms with Crippen LogP contribution in [0, 0.1) is 17.3 Å². The van der Waals surface area contributed by atoms with Gasteiger partial charge in [0.2, 0.25) is 0 Å². The summed E-state index contributed by atoms with van der Waals surface area (Å²) in [4.78, 5) is 23.3. The third-order valence-electron chi connectivity index (χ3n) is 5.24. The number of rotatable bonds is 5. The minimum absolute atomic E-state index is 0.0270. The van der Waals surface area contributed by atoms with Crippen LogP contribution in [0.25, 0.3) is 0 Å². The summed E-state index contributed by atoms with van der Waals surface area (Å²) in [7, 11) is 1.34. The first-order valence-electron chi connectivity index (χ1n) is 7.55. The van der Waals surface area contributed by atoms with Crippen LogP contribution < -0.4 is 0 Å². The smallest absolute Gasteiger partial charge is 0.316 e. The lowest BCUT2D eigenvalue weighted by Gasteiger charge is -2.43. The van der Waals surface area contributed by atoms with Crippen molar-refractivity contribution < 1.29 is 19.1 Å². The highest BCUT2D eigenvalue weighted by Gasteiger charge is 2.57. The first kappa shape index (κ1) is 15.5. The molecule has 0 amide bonds. The molecule has 1 saturated carbocycles. The number of hydrogen-bond donors (Lipinski definition) is 0. The maximum atomic E-state index is 11.7. The van der Waals surface area contributed by atoms with Crippen molar-refractivity contribution in [3.8, 4) is 0 Å². The van der Waals surface area contributed by atoms with Crippen LogP contribution in [0.15, 0.2) is 0 Å². The van der Waals surface area contributed by atoms with Crippen LogP contribution in [0.4, 0.5) is 0 Å². The molecule has 1 saturated heterocycles. The molecule has 20 heavy (non-hydrogen) atoms. The fraction of sp³-hybridized carbons (Fsp3) is 0.875. The first-order valence-corrected chi connectivity index (χ1v) is 7.55. The molecule has 0 N–H and O–H groups in total. The highest BCUT2D eigenvalue weighted by atomic mass is 16.6. The van der Waals surface area contributed by atoms with E-state index in [2.05, 4.69) is 13.8 Å². The molecule has 3 unspecified atom stereocenters. The third kappa shape index (κ3) is 2.90. The predicted molar refractivity (Wildman–Crippen MR) is 75.2 cm³/mol. The minimum Gasteiger partial charge on any atom is -0.468 e. The van der Waals surface area contributed by atoms with Crippen LogP contribution in [-0.2, 0) is 19.1 Å². The summed E-state index contributed by atoms with van der Waals surface area (Å²) in [6, 6.07) is 0. The van der Waals surface area contributed by atoms with Gasteiger partial charge >= 0.3 is 5.97 Å². The Labute approximate surface area is 121 Å². The number of ketones is 1. The SMILES string of the molecule is COC(=O)C(CCC1C(C)(C)CCCC12CO2)C(C)=O. The summed E-state index contributed by atoms with van der Waals surface area (Å²) in [5.74, 6) is -0.697. The van der Waals surface area contributed by atoms with Gasteiger partial charge < -0.3 is 9.47 Å². The second-order valence-corrected chi connectivity index (χ2v) is 7.01. The van der Waals surface area contributed by atoms with E-state index in [9.17, 15) is 9.59 Å². The Hall–Kier alpha value is -0.900. The molecule has 1 heterocycles. The number of carbonyl (C=O) groups excluding carboxylic acids is 2. The van der Waals surface area contributed by atoms with E-state index in [4.69, 9.17) is 9.47 Å². The van der Waals surface area contributed by atoms with E-state index in [0.717, 1.165) is 19.4 Å². The predicted octanol–water partition coefficient (Wildman–Crippen LogP) is 2.74. The van der Waals surface area contributed by atoms with Crippen molar-refractivity contribution in [2.75, 3.05) is 13.7 Å². The Balaban J connectivity index is 2.04. The van der Waals surface area contributed by atoms with E-state index in [1.54, 1.807) is 0 Å². The molecule has 1 aliphatic carbocycles. The highest BCUT2D eigenvalue weighted by molar-refractivity contribution is 5.97. The maximum Gasteiger partial charge on any atom is 0.316 e. The highest BCUT2D eigenvalue weighted by Crippen LogP contribution is 2.56.